The molecule has 1 heterocycles. The van der Waals surface area contributed by atoms with Crippen LogP contribution >= 0.6 is 15.9 Å². The number of phenols is 1. The van der Waals surface area contributed by atoms with E-state index in [9.17, 15) is 23.1 Å². The highest BCUT2D eigenvalue weighted by Crippen LogP contribution is 2.24. The number of hydrogen-bond acceptors (Lipinski definition) is 6. The van der Waals surface area contributed by atoms with Crippen molar-refractivity contribution in [1.82, 2.24) is 5.32 Å². The SMILES string of the molecule is C[C@]1(NC(=O)COC(=O)c2cc(Br)ccc2O)CCS(=O)(=O)C1. The summed E-state index contributed by atoms with van der Waals surface area (Å²) in [4.78, 5) is 23.7. The maximum absolute atomic E-state index is 11.9. The third-order valence-electron chi connectivity index (χ3n) is 3.46. The van der Waals surface area contributed by atoms with Crippen LogP contribution in [0.3, 0.4) is 0 Å². The Morgan fingerprint density at radius 2 is 2.13 bits per heavy atom. The molecule has 1 aliphatic rings. The Morgan fingerprint density at radius 1 is 1.43 bits per heavy atom. The van der Waals surface area contributed by atoms with Crippen LogP contribution in [0, 0.1) is 0 Å². The molecular formula is C14H16BrNO6S. The summed E-state index contributed by atoms with van der Waals surface area (Å²) in [5.41, 5.74) is -0.915. The Kier molecular flexibility index (Phi) is 5.00. The van der Waals surface area contributed by atoms with E-state index in [2.05, 4.69) is 21.2 Å². The number of ether oxygens (including phenoxy) is 1. The molecule has 1 aliphatic heterocycles. The Morgan fingerprint density at radius 3 is 2.74 bits per heavy atom. The summed E-state index contributed by atoms with van der Waals surface area (Å²) in [7, 11) is -3.14. The summed E-state index contributed by atoms with van der Waals surface area (Å²) in [6, 6.07) is 4.26. The van der Waals surface area contributed by atoms with E-state index in [4.69, 9.17) is 4.74 Å². The summed E-state index contributed by atoms with van der Waals surface area (Å²) in [5, 5.41) is 12.2. The molecule has 1 atom stereocenters. The van der Waals surface area contributed by atoms with Crippen molar-refractivity contribution in [3.63, 3.8) is 0 Å². The van der Waals surface area contributed by atoms with Gasteiger partial charge < -0.3 is 15.2 Å². The fraction of sp³-hybridized carbons (Fsp3) is 0.429. The topological polar surface area (TPSA) is 110 Å². The first-order valence-electron chi connectivity index (χ1n) is 6.77. The Balaban J connectivity index is 1.92. The summed E-state index contributed by atoms with van der Waals surface area (Å²) >= 11 is 3.17. The van der Waals surface area contributed by atoms with Crippen LogP contribution in [0.5, 0.6) is 5.75 Å². The Labute approximate surface area is 142 Å². The minimum Gasteiger partial charge on any atom is -0.507 e. The van der Waals surface area contributed by atoms with Gasteiger partial charge in [0.05, 0.1) is 17.0 Å². The van der Waals surface area contributed by atoms with Crippen LogP contribution in [0.25, 0.3) is 0 Å². The normalized spacial score (nSPS) is 22.5. The van der Waals surface area contributed by atoms with Gasteiger partial charge in [0, 0.05) is 4.47 Å². The molecule has 2 N–H and O–H groups in total. The van der Waals surface area contributed by atoms with Gasteiger partial charge in [-0.3, -0.25) is 4.79 Å². The van der Waals surface area contributed by atoms with E-state index in [1.54, 1.807) is 13.0 Å². The first kappa shape index (κ1) is 17.7. The summed E-state index contributed by atoms with van der Waals surface area (Å²) < 4.78 is 28.4. The van der Waals surface area contributed by atoms with Gasteiger partial charge in [0.15, 0.2) is 16.4 Å². The largest absolute Gasteiger partial charge is 0.507 e. The fourth-order valence-electron chi connectivity index (χ4n) is 2.36. The van der Waals surface area contributed by atoms with E-state index in [-0.39, 0.29) is 22.8 Å². The van der Waals surface area contributed by atoms with Crippen LogP contribution in [-0.2, 0) is 19.4 Å². The third kappa shape index (κ3) is 4.68. The van der Waals surface area contributed by atoms with Gasteiger partial charge in [-0.25, -0.2) is 13.2 Å². The predicted octanol–water partition coefficient (Wildman–Crippen LogP) is 1.00. The van der Waals surface area contributed by atoms with Crippen molar-refractivity contribution in [3.05, 3.63) is 28.2 Å². The molecule has 1 saturated heterocycles. The van der Waals surface area contributed by atoms with E-state index < -0.39 is 33.9 Å². The highest BCUT2D eigenvalue weighted by atomic mass is 79.9. The number of carbonyl (C=O) groups excluding carboxylic acids is 2. The Hall–Kier alpha value is -1.61. The zero-order valence-corrected chi connectivity index (χ0v) is 14.7. The second kappa shape index (κ2) is 6.48. The molecule has 1 fully saturated rings. The lowest BCUT2D eigenvalue weighted by molar-refractivity contribution is -0.125. The highest BCUT2D eigenvalue weighted by Gasteiger charge is 2.39. The number of aromatic hydroxyl groups is 1. The first-order chi connectivity index (χ1) is 10.6. The number of amides is 1. The molecule has 9 heteroatoms. The summed E-state index contributed by atoms with van der Waals surface area (Å²) in [6.07, 6.45) is 0.321. The first-order valence-corrected chi connectivity index (χ1v) is 9.39. The molecule has 23 heavy (non-hydrogen) atoms. The number of benzene rings is 1. The molecule has 0 unspecified atom stereocenters. The van der Waals surface area contributed by atoms with E-state index >= 15 is 0 Å². The lowest BCUT2D eigenvalue weighted by atomic mass is 10.0. The molecule has 1 aromatic rings. The molecule has 126 valence electrons. The zero-order valence-electron chi connectivity index (χ0n) is 12.3. The van der Waals surface area contributed by atoms with E-state index in [1.807, 2.05) is 0 Å². The minimum absolute atomic E-state index is 0.0233. The molecule has 0 aromatic heterocycles. The van der Waals surface area contributed by atoms with E-state index in [0.29, 0.717) is 10.9 Å². The average Bonchev–Trinajstić information content (AvgIpc) is 2.72. The van der Waals surface area contributed by atoms with Gasteiger partial charge in [0.2, 0.25) is 0 Å². The van der Waals surface area contributed by atoms with Gasteiger partial charge in [0.25, 0.3) is 5.91 Å². The lowest BCUT2D eigenvalue weighted by Crippen LogP contribution is -2.48. The number of phenolic OH excluding ortho intramolecular Hbond substituents is 1. The molecule has 0 bridgehead atoms. The van der Waals surface area contributed by atoms with Crippen LogP contribution in [0.4, 0.5) is 0 Å². The van der Waals surface area contributed by atoms with Gasteiger partial charge in [-0.15, -0.1) is 0 Å². The molecule has 0 spiro atoms. The standard InChI is InChI=1S/C14H16BrNO6S/c1-14(4-5-23(20,21)8-14)16-12(18)7-22-13(19)10-6-9(15)2-3-11(10)17/h2-3,6,17H,4-5,7-8H2,1H3,(H,16,18)/t14-/m0/s1. The van der Waals surface area contributed by atoms with E-state index in [0.717, 1.165) is 0 Å². The van der Waals surface area contributed by atoms with Crippen LogP contribution in [0.1, 0.15) is 23.7 Å². The van der Waals surface area contributed by atoms with Gasteiger partial charge in [-0.05, 0) is 31.5 Å². The van der Waals surface area contributed by atoms with Crippen molar-refractivity contribution < 1.29 is 27.9 Å². The Bertz CT molecular complexity index is 748. The average molecular weight is 406 g/mol. The second-order valence-corrected chi connectivity index (χ2v) is 8.79. The molecule has 0 radical (unpaired) electrons. The van der Waals surface area contributed by atoms with Crippen molar-refractivity contribution in [2.24, 2.45) is 0 Å². The van der Waals surface area contributed by atoms with Gasteiger partial charge in [-0.2, -0.15) is 0 Å². The monoisotopic (exact) mass is 405 g/mol. The third-order valence-corrected chi connectivity index (χ3v) is 5.85. The van der Waals surface area contributed by atoms with Gasteiger partial charge >= 0.3 is 5.97 Å². The number of hydrogen-bond donors (Lipinski definition) is 2. The molecular weight excluding hydrogens is 390 g/mol. The number of esters is 1. The second-order valence-electron chi connectivity index (χ2n) is 5.69. The number of halogens is 1. The predicted molar refractivity (Wildman–Crippen MR) is 85.9 cm³/mol. The molecule has 1 amide bonds. The van der Waals surface area contributed by atoms with Crippen molar-refractivity contribution in [2.45, 2.75) is 18.9 Å². The van der Waals surface area contributed by atoms with Crippen molar-refractivity contribution in [1.29, 1.82) is 0 Å². The quantitative estimate of drug-likeness (QED) is 0.723. The maximum atomic E-state index is 11.9. The van der Waals surface area contributed by atoms with Gasteiger partial charge in [0.1, 0.15) is 11.3 Å². The van der Waals surface area contributed by atoms with Crippen LogP contribution in [-0.4, -0.2) is 49.1 Å². The van der Waals surface area contributed by atoms with Crippen molar-refractivity contribution in [2.75, 3.05) is 18.1 Å². The van der Waals surface area contributed by atoms with Crippen LogP contribution in [0.2, 0.25) is 0 Å². The highest BCUT2D eigenvalue weighted by molar-refractivity contribution is 9.10. The number of carbonyl (C=O) groups is 2. The lowest BCUT2D eigenvalue weighted by Gasteiger charge is -2.23. The summed E-state index contributed by atoms with van der Waals surface area (Å²) in [5.74, 6) is -1.80. The van der Waals surface area contributed by atoms with Crippen molar-refractivity contribution >= 4 is 37.6 Å². The molecule has 7 nitrogen and oxygen atoms in total. The minimum atomic E-state index is -3.14. The van der Waals surface area contributed by atoms with Crippen molar-refractivity contribution in [3.8, 4) is 5.75 Å². The molecule has 0 saturated carbocycles. The van der Waals surface area contributed by atoms with Crippen LogP contribution in [0.15, 0.2) is 22.7 Å². The van der Waals surface area contributed by atoms with Crippen LogP contribution < -0.4 is 5.32 Å². The zero-order chi connectivity index (χ0) is 17.3. The fourth-order valence-corrected chi connectivity index (χ4v) is 4.82. The van der Waals surface area contributed by atoms with E-state index in [1.165, 1.54) is 12.1 Å². The molecule has 1 aromatic carbocycles. The number of nitrogens with one attached hydrogen (secondary N) is 1. The number of rotatable bonds is 4. The molecule has 2 rings (SSSR count). The van der Waals surface area contributed by atoms with Gasteiger partial charge in [-0.1, -0.05) is 15.9 Å². The number of sulfone groups is 1. The smallest absolute Gasteiger partial charge is 0.342 e. The maximum Gasteiger partial charge on any atom is 0.342 e. The molecule has 0 aliphatic carbocycles. The summed E-state index contributed by atoms with van der Waals surface area (Å²) in [6.45, 7) is 1.08.